The van der Waals surface area contributed by atoms with Crippen LogP contribution in [0.25, 0.3) is 0 Å². The van der Waals surface area contributed by atoms with Gasteiger partial charge in [-0.25, -0.2) is 4.98 Å². The summed E-state index contributed by atoms with van der Waals surface area (Å²) in [5, 5.41) is 2.92. The molecule has 1 aliphatic heterocycles. The van der Waals surface area contributed by atoms with Crippen LogP contribution < -0.4 is 16.0 Å². The Kier molecular flexibility index (Phi) is 4.18. The summed E-state index contributed by atoms with van der Waals surface area (Å²) in [5.74, 6) is 0.915. The first kappa shape index (κ1) is 14.3. The summed E-state index contributed by atoms with van der Waals surface area (Å²) in [5.41, 5.74) is 7.13. The monoisotopic (exact) mass is 297 g/mol. The number of aromatic nitrogens is 2. The second-order valence-corrected chi connectivity index (χ2v) is 5.40. The first-order chi connectivity index (χ1) is 10.7. The Hall–Kier alpha value is -2.63. The SMILES string of the molecule is Nc1ccccc1NC(=O)C1CCN(c2cnccn2)CC1. The van der Waals surface area contributed by atoms with Gasteiger partial charge in [0.2, 0.25) is 5.91 Å². The third-order valence-corrected chi connectivity index (χ3v) is 3.96. The fraction of sp³-hybridized carbons (Fsp3) is 0.312. The van der Waals surface area contributed by atoms with Gasteiger partial charge in [-0.3, -0.25) is 9.78 Å². The normalized spacial score (nSPS) is 15.5. The third kappa shape index (κ3) is 3.16. The maximum absolute atomic E-state index is 12.3. The van der Waals surface area contributed by atoms with Crippen LogP contribution in [0.15, 0.2) is 42.9 Å². The second-order valence-electron chi connectivity index (χ2n) is 5.40. The number of piperidine rings is 1. The Labute approximate surface area is 129 Å². The summed E-state index contributed by atoms with van der Waals surface area (Å²) in [6.07, 6.45) is 6.70. The summed E-state index contributed by atoms with van der Waals surface area (Å²) in [4.78, 5) is 22.9. The molecule has 1 amide bonds. The molecule has 0 bridgehead atoms. The molecular formula is C16H19N5O. The lowest BCUT2D eigenvalue weighted by molar-refractivity contribution is -0.120. The molecule has 0 spiro atoms. The predicted molar refractivity (Wildman–Crippen MR) is 86.5 cm³/mol. The summed E-state index contributed by atoms with van der Waals surface area (Å²) in [6.45, 7) is 1.61. The topological polar surface area (TPSA) is 84.1 Å². The van der Waals surface area contributed by atoms with E-state index in [1.54, 1.807) is 24.7 Å². The molecule has 0 aliphatic carbocycles. The Balaban J connectivity index is 1.57. The van der Waals surface area contributed by atoms with Crippen molar-refractivity contribution in [3.63, 3.8) is 0 Å². The highest BCUT2D eigenvalue weighted by atomic mass is 16.1. The zero-order valence-electron chi connectivity index (χ0n) is 12.3. The molecule has 1 aromatic heterocycles. The van der Waals surface area contributed by atoms with Gasteiger partial charge in [-0.05, 0) is 25.0 Å². The van der Waals surface area contributed by atoms with Crippen LogP contribution in [0.1, 0.15) is 12.8 Å². The molecule has 0 radical (unpaired) electrons. The highest BCUT2D eigenvalue weighted by molar-refractivity contribution is 5.95. The van der Waals surface area contributed by atoms with Crippen LogP contribution >= 0.6 is 0 Å². The van der Waals surface area contributed by atoms with E-state index in [0.717, 1.165) is 31.7 Å². The minimum Gasteiger partial charge on any atom is -0.397 e. The van der Waals surface area contributed by atoms with Crippen LogP contribution in [-0.2, 0) is 4.79 Å². The number of nitrogens with one attached hydrogen (secondary N) is 1. The molecule has 0 unspecified atom stereocenters. The van der Waals surface area contributed by atoms with Crippen molar-refractivity contribution in [2.24, 2.45) is 5.92 Å². The number of para-hydroxylation sites is 2. The molecule has 22 heavy (non-hydrogen) atoms. The second kappa shape index (κ2) is 6.43. The number of benzene rings is 1. The Bertz CT molecular complexity index is 638. The fourth-order valence-corrected chi connectivity index (χ4v) is 2.67. The number of hydrogen-bond acceptors (Lipinski definition) is 5. The van der Waals surface area contributed by atoms with Crippen LogP contribution in [0.2, 0.25) is 0 Å². The smallest absolute Gasteiger partial charge is 0.227 e. The van der Waals surface area contributed by atoms with Gasteiger partial charge in [-0.15, -0.1) is 0 Å². The van der Waals surface area contributed by atoms with E-state index in [2.05, 4.69) is 20.2 Å². The summed E-state index contributed by atoms with van der Waals surface area (Å²) >= 11 is 0. The van der Waals surface area contributed by atoms with Gasteiger partial charge in [0.05, 0.1) is 17.6 Å². The molecule has 6 nitrogen and oxygen atoms in total. The number of amides is 1. The molecule has 0 atom stereocenters. The number of nitrogens with two attached hydrogens (primary N) is 1. The maximum Gasteiger partial charge on any atom is 0.227 e. The number of hydrogen-bond donors (Lipinski definition) is 2. The molecule has 1 aliphatic rings. The molecule has 1 aromatic carbocycles. The minimum absolute atomic E-state index is 0.00697. The van der Waals surface area contributed by atoms with Crippen molar-refractivity contribution in [2.75, 3.05) is 29.0 Å². The van der Waals surface area contributed by atoms with Gasteiger partial charge in [0, 0.05) is 31.4 Å². The standard InChI is InChI=1S/C16H19N5O/c17-13-3-1-2-4-14(13)20-16(22)12-5-9-21(10-6-12)15-11-18-7-8-19-15/h1-4,7-8,11-12H,5-6,9-10,17H2,(H,20,22). The van der Waals surface area contributed by atoms with Crippen molar-refractivity contribution in [3.05, 3.63) is 42.9 Å². The van der Waals surface area contributed by atoms with E-state index >= 15 is 0 Å². The van der Waals surface area contributed by atoms with Crippen molar-refractivity contribution in [1.29, 1.82) is 0 Å². The van der Waals surface area contributed by atoms with Gasteiger partial charge in [0.25, 0.3) is 0 Å². The average Bonchev–Trinajstić information content (AvgIpc) is 2.58. The zero-order valence-corrected chi connectivity index (χ0v) is 12.3. The van der Waals surface area contributed by atoms with Gasteiger partial charge < -0.3 is 16.0 Å². The number of rotatable bonds is 3. The van der Waals surface area contributed by atoms with Gasteiger partial charge >= 0.3 is 0 Å². The Morgan fingerprint density at radius 3 is 2.68 bits per heavy atom. The van der Waals surface area contributed by atoms with E-state index in [0.29, 0.717) is 11.4 Å². The first-order valence-electron chi connectivity index (χ1n) is 7.40. The van der Waals surface area contributed by atoms with Crippen molar-refractivity contribution >= 4 is 23.1 Å². The number of nitrogen functional groups attached to an aromatic ring is 1. The highest BCUT2D eigenvalue weighted by Crippen LogP contribution is 2.24. The van der Waals surface area contributed by atoms with E-state index in [9.17, 15) is 4.79 Å². The molecule has 3 N–H and O–H groups in total. The number of anilines is 3. The Morgan fingerprint density at radius 2 is 2.00 bits per heavy atom. The quantitative estimate of drug-likeness (QED) is 0.845. The van der Waals surface area contributed by atoms with Crippen molar-refractivity contribution in [2.45, 2.75) is 12.8 Å². The number of carbonyl (C=O) groups excluding carboxylic acids is 1. The van der Waals surface area contributed by atoms with Gasteiger partial charge in [0.1, 0.15) is 5.82 Å². The number of carbonyl (C=O) groups is 1. The van der Waals surface area contributed by atoms with Crippen molar-refractivity contribution in [1.82, 2.24) is 9.97 Å². The zero-order chi connectivity index (χ0) is 15.4. The van der Waals surface area contributed by atoms with Crippen molar-refractivity contribution < 1.29 is 4.79 Å². The summed E-state index contributed by atoms with van der Waals surface area (Å²) in [7, 11) is 0. The molecule has 1 saturated heterocycles. The predicted octanol–water partition coefficient (Wildman–Crippen LogP) is 1.91. The van der Waals surface area contributed by atoms with E-state index in [1.807, 2.05) is 18.2 Å². The molecule has 2 heterocycles. The van der Waals surface area contributed by atoms with E-state index in [4.69, 9.17) is 5.73 Å². The third-order valence-electron chi connectivity index (χ3n) is 3.96. The van der Waals surface area contributed by atoms with Gasteiger partial charge in [-0.2, -0.15) is 0 Å². The summed E-state index contributed by atoms with van der Waals surface area (Å²) in [6, 6.07) is 7.32. The average molecular weight is 297 g/mol. The molecule has 3 rings (SSSR count). The highest BCUT2D eigenvalue weighted by Gasteiger charge is 2.25. The molecule has 0 saturated carbocycles. The van der Waals surface area contributed by atoms with Crippen molar-refractivity contribution in [3.8, 4) is 0 Å². The molecule has 2 aromatic rings. The largest absolute Gasteiger partial charge is 0.397 e. The van der Waals surface area contributed by atoms with Gasteiger partial charge in [-0.1, -0.05) is 12.1 Å². The number of nitrogens with zero attached hydrogens (tertiary/aromatic N) is 3. The van der Waals surface area contributed by atoms with Crippen LogP contribution in [0.3, 0.4) is 0 Å². The molecule has 114 valence electrons. The van der Waals surface area contributed by atoms with E-state index in [-0.39, 0.29) is 11.8 Å². The fourth-order valence-electron chi connectivity index (χ4n) is 2.67. The Morgan fingerprint density at radius 1 is 1.23 bits per heavy atom. The minimum atomic E-state index is 0.00697. The molecular weight excluding hydrogens is 278 g/mol. The van der Waals surface area contributed by atoms with Crippen LogP contribution in [-0.4, -0.2) is 29.0 Å². The lowest BCUT2D eigenvalue weighted by Crippen LogP contribution is -2.38. The van der Waals surface area contributed by atoms with Crippen LogP contribution in [0.5, 0.6) is 0 Å². The lowest BCUT2D eigenvalue weighted by atomic mass is 9.96. The van der Waals surface area contributed by atoms with Crippen LogP contribution in [0.4, 0.5) is 17.2 Å². The summed E-state index contributed by atoms with van der Waals surface area (Å²) < 4.78 is 0. The molecule has 6 heteroatoms. The van der Waals surface area contributed by atoms with Gasteiger partial charge in [0.15, 0.2) is 0 Å². The maximum atomic E-state index is 12.3. The van der Waals surface area contributed by atoms with E-state index < -0.39 is 0 Å². The lowest BCUT2D eigenvalue weighted by Gasteiger charge is -2.31. The van der Waals surface area contributed by atoms with E-state index in [1.165, 1.54) is 0 Å². The first-order valence-corrected chi connectivity index (χ1v) is 7.40. The van der Waals surface area contributed by atoms with Crippen LogP contribution in [0, 0.1) is 5.92 Å². The molecule has 1 fully saturated rings.